The van der Waals surface area contributed by atoms with Crippen LogP contribution in [0.5, 0.6) is 0 Å². The van der Waals surface area contributed by atoms with E-state index in [1.165, 1.54) is 0 Å². The van der Waals surface area contributed by atoms with Gasteiger partial charge in [-0.2, -0.15) is 0 Å². The minimum Gasteiger partial charge on any atom is -0.444 e. The smallest absolute Gasteiger partial charge is 0.410 e. The minimum absolute atomic E-state index is 0.0604. The standard InChI is InChI=1S/C12H26B4N2O2/c1-10(2,3)20-9(19)18-4-6-7(5-18)12(15,16)8(17)11(6,13)14/h6-8H,4-5,13-17H2,1-3H3/t6-,7+,8+. The largest absolute Gasteiger partial charge is 0.444 e. The van der Waals surface area contributed by atoms with Gasteiger partial charge in [0.1, 0.15) is 37.0 Å². The third-order valence-electron chi connectivity index (χ3n) is 5.49. The second-order valence-corrected chi connectivity index (χ2v) is 8.72. The Morgan fingerprint density at radius 2 is 1.55 bits per heavy atom. The second kappa shape index (κ2) is 4.49. The van der Waals surface area contributed by atoms with Gasteiger partial charge in [-0.05, 0) is 38.6 Å². The van der Waals surface area contributed by atoms with E-state index < -0.39 is 5.60 Å². The van der Waals surface area contributed by atoms with Crippen molar-refractivity contribution in [3.63, 3.8) is 0 Å². The van der Waals surface area contributed by atoms with Gasteiger partial charge in [0, 0.05) is 13.1 Å². The van der Waals surface area contributed by atoms with Crippen LogP contribution in [0.3, 0.4) is 0 Å². The van der Waals surface area contributed by atoms with Crippen LogP contribution in [0.1, 0.15) is 20.8 Å². The predicted molar refractivity (Wildman–Crippen MR) is 92.3 cm³/mol. The van der Waals surface area contributed by atoms with Gasteiger partial charge in [-0.15, -0.1) is 0 Å². The van der Waals surface area contributed by atoms with E-state index in [-0.39, 0.29) is 22.6 Å². The van der Waals surface area contributed by atoms with Crippen molar-refractivity contribution in [2.45, 2.75) is 42.8 Å². The summed E-state index contributed by atoms with van der Waals surface area (Å²) in [7, 11) is 8.96. The third kappa shape index (κ3) is 2.40. The molecule has 1 aliphatic carbocycles. The minimum atomic E-state index is -0.434. The molecule has 108 valence electrons. The summed E-state index contributed by atoms with van der Waals surface area (Å²) in [5.41, 5.74) is 6.03. The summed E-state index contributed by atoms with van der Waals surface area (Å²) in [6, 6.07) is 0.172. The lowest BCUT2D eigenvalue weighted by atomic mass is 9.42. The molecule has 1 saturated carbocycles. The summed E-state index contributed by atoms with van der Waals surface area (Å²) >= 11 is 0. The van der Waals surface area contributed by atoms with Crippen molar-refractivity contribution in [3.8, 4) is 0 Å². The Bertz CT molecular complexity index is 398. The molecule has 2 N–H and O–H groups in total. The van der Waals surface area contributed by atoms with Crippen LogP contribution in [0.15, 0.2) is 0 Å². The van der Waals surface area contributed by atoms with Crippen LogP contribution < -0.4 is 5.73 Å². The van der Waals surface area contributed by atoms with Crippen molar-refractivity contribution in [2.75, 3.05) is 13.1 Å². The summed E-state index contributed by atoms with van der Waals surface area (Å²) in [4.78, 5) is 14.1. The number of amides is 1. The fourth-order valence-electron chi connectivity index (χ4n) is 4.21. The maximum atomic E-state index is 12.3. The fraction of sp³-hybridized carbons (Fsp3) is 0.917. The van der Waals surface area contributed by atoms with E-state index >= 15 is 0 Å². The van der Waals surface area contributed by atoms with Crippen LogP contribution >= 0.6 is 0 Å². The maximum absolute atomic E-state index is 12.3. The first-order chi connectivity index (χ1) is 8.87. The molecule has 1 aliphatic heterocycles. The van der Waals surface area contributed by atoms with Crippen LogP contribution in [-0.4, -0.2) is 67.1 Å². The molecule has 0 unspecified atom stereocenters. The first kappa shape index (κ1) is 15.9. The highest BCUT2D eigenvalue weighted by atomic mass is 16.6. The number of nitrogens with two attached hydrogens (primary N) is 1. The number of likely N-dealkylation sites (tertiary alicyclic amines) is 1. The first-order valence-corrected chi connectivity index (χ1v) is 7.61. The van der Waals surface area contributed by atoms with E-state index in [4.69, 9.17) is 10.5 Å². The molecule has 0 aromatic heterocycles. The number of nitrogens with zero attached hydrogens (tertiary/aromatic N) is 1. The molecule has 2 aliphatic rings. The van der Waals surface area contributed by atoms with Crippen molar-refractivity contribution >= 4 is 37.5 Å². The molecule has 2 fully saturated rings. The molecule has 1 heterocycles. The van der Waals surface area contributed by atoms with E-state index in [0.717, 1.165) is 13.1 Å². The summed E-state index contributed by atoms with van der Waals surface area (Å²) in [6.45, 7) is 7.26. The average molecular weight is 274 g/mol. The van der Waals surface area contributed by atoms with Crippen molar-refractivity contribution in [3.05, 3.63) is 0 Å². The molecule has 0 aromatic carbocycles. The molecule has 0 aromatic rings. The summed E-state index contributed by atoms with van der Waals surface area (Å²) in [5, 5.41) is 0.121. The van der Waals surface area contributed by atoms with Crippen LogP contribution in [0, 0.1) is 11.8 Å². The van der Waals surface area contributed by atoms with Crippen LogP contribution in [0.2, 0.25) is 10.4 Å². The van der Waals surface area contributed by atoms with Crippen LogP contribution in [-0.2, 0) is 4.74 Å². The normalized spacial score (nSPS) is 34.8. The Morgan fingerprint density at radius 1 is 1.15 bits per heavy atom. The first-order valence-electron chi connectivity index (χ1n) is 7.61. The maximum Gasteiger partial charge on any atom is 0.410 e. The zero-order chi connectivity index (χ0) is 15.5. The van der Waals surface area contributed by atoms with Crippen molar-refractivity contribution < 1.29 is 9.53 Å². The summed E-state index contributed by atoms with van der Waals surface area (Å²) < 4.78 is 5.51. The van der Waals surface area contributed by atoms with Crippen molar-refractivity contribution in [2.24, 2.45) is 17.6 Å². The Labute approximate surface area is 126 Å². The Balaban J connectivity index is 2.15. The topological polar surface area (TPSA) is 55.6 Å². The number of carbonyl (C=O) groups excluding carboxylic acids is 1. The molecule has 4 nitrogen and oxygen atoms in total. The number of rotatable bonds is 0. The summed E-state index contributed by atoms with van der Waals surface area (Å²) in [6.07, 6.45) is -0.188. The van der Waals surface area contributed by atoms with E-state index in [9.17, 15) is 4.79 Å². The van der Waals surface area contributed by atoms with Gasteiger partial charge in [0.25, 0.3) is 0 Å². The fourth-order valence-corrected chi connectivity index (χ4v) is 4.21. The van der Waals surface area contributed by atoms with Gasteiger partial charge in [0.05, 0.1) is 0 Å². The van der Waals surface area contributed by atoms with Crippen molar-refractivity contribution in [1.82, 2.24) is 4.90 Å². The number of hydrogen-bond donors (Lipinski definition) is 1. The second-order valence-electron chi connectivity index (χ2n) is 8.72. The highest BCUT2D eigenvalue weighted by Crippen LogP contribution is 2.60. The van der Waals surface area contributed by atoms with Gasteiger partial charge < -0.3 is 15.4 Å². The van der Waals surface area contributed by atoms with Gasteiger partial charge in [-0.25, -0.2) is 4.79 Å². The van der Waals surface area contributed by atoms with Gasteiger partial charge in [0.2, 0.25) is 0 Å². The van der Waals surface area contributed by atoms with Gasteiger partial charge in [-0.3, -0.25) is 0 Å². The van der Waals surface area contributed by atoms with Crippen molar-refractivity contribution in [1.29, 1.82) is 0 Å². The third-order valence-corrected chi connectivity index (χ3v) is 5.49. The van der Waals surface area contributed by atoms with Crippen LogP contribution in [0.25, 0.3) is 0 Å². The van der Waals surface area contributed by atoms with E-state index in [2.05, 4.69) is 31.4 Å². The summed E-state index contributed by atoms with van der Waals surface area (Å²) in [5.74, 6) is 0.917. The highest BCUT2D eigenvalue weighted by Gasteiger charge is 2.60. The number of ether oxygens (including phenoxy) is 1. The van der Waals surface area contributed by atoms with E-state index in [1.54, 1.807) is 0 Å². The highest BCUT2D eigenvalue weighted by molar-refractivity contribution is 6.47. The average Bonchev–Trinajstić information content (AvgIpc) is 2.75. The molecule has 1 amide bonds. The number of carbonyl (C=O) groups is 1. The van der Waals surface area contributed by atoms with Gasteiger partial charge in [-0.1, -0.05) is 10.4 Å². The molecule has 0 radical (unpaired) electrons. The molecule has 8 heteroatoms. The molecular formula is C12H26B4N2O2. The SMILES string of the molecule is BC1(B)[C@H](N)C(B)(B)[C@H]2CN(C(=O)OC(C)(C)C)C[C@H]21. The lowest BCUT2D eigenvalue weighted by Gasteiger charge is -2.37. The zero-order valence-electron chi connectivity index (χ0n) is 14.0. The monoisotopic (exact) mass is 274 g/mol. The number of hydrogen-bond acceptors (Lipinski definition) is 3. The molecule has 0 bridgehead atoms. The zero-order valence-corrected chi connectivity index (χ0v) is 14.0. The molecule has 3 atom stereocenters. The molecule has 2 rings (SSSR count). The lowest BCUT2D eigenvalue weighted by Crippen LogP contribution is -2.46. The van der Waals surface area contributed by atoms with Crippen LogP contribution in [0.4, 0.5) is 4.79 Å². The quantitative estimate of drug-likeness (QED) is 0.500. The Hall–Kier alpha value is -0.510. The molecular weight excluding hydrogens is 247 g/mol. The Kier molecular flexibility index (Phi) is 3.56. The van der Waals surface area contributed by atoms with Gasteiger partial charge in [0.15, 0.2) is 0 Å². The molecule has 20 heavy (non-hydrogen) atoms. The predicted octanol–water partition coefficient (Wildman–Crippen LogP) is -2.42. The van der Waals surface area contributed by atoms with Gasteiger partial charge >= 0.3 is 6.09 Å². The molecule has 0 spiro atoms. The Morgan fingerprint density at radius 3 is 1.90 bits per heavy atom. The van der Waals surface area contributed by atoms with E-state index in [1.807, 2.05) is 25.7 Å². The lowest BCUT2D eigenvalue weighted by molar-refractivity contribution is 0.0278. The van der Waals surface area contributed by atoms with E-state index in [0.29, 0.717) is 11.8 Å². The molecule has 1 saturated heterocycles. The number of fused-ring (bicyclic) bond motifs is 1.